The van der Waals surface area contributed by atoms with Crippen molar-refractivity contribution in [3.63, 3.8) is 0 Å². The van der Waals surface area contributed by atoms with Crippen molar-refractivity contribution in [2.75, 3.05) is 7.11 Å². The maximum Gasteiger partial charge on any atom is 0.195 e. The molecule has 132 valence electrons. The summed E-state index contributed by atoms with van der Waals surface area (Å²) in [6.07, 6.45) is 1.63. The van der Waals surface area contributed by atoms with E-state index < -0.39 is 0 Å². The molecule has 0 aliphatic rings. The second kappa shape index (κ2) is 7.22. The van der Waals surface area contributed by atoms with Crippen LogP contribution in [0, 0.1) is 0 Å². The molecule has 0 atom stereocenters. The minimum Gasteiger partial charge on any atom is -0.497 e. The lowest BCUT2D eigenvalue weighted by Gasteiger charge is -2.13. The maximum absolute atomic E-state index is 13.2. The largest absolute Gasteiger partial charge is 0.497 e. The average molecular weight is 374 g/mol. The van der Waals surface area contributed by atoms with Gasteiger partial charge in [-0.05, 0) is 42.0 Å². The third-order valence-electron chi connectivity index (χ3n) is 4.49. The quantitative estimate of drug-likeness (QED) is 0.425. The van der Waals surface area contributed by atoms with Crippen LogP contribution in [-0.4, -0.2) is 17.9 Å². The van der Waals surface area contributed by atoms with Crippen molar-refractivity contribution in [1.29, 1.82) is 0 Å². The van der Waals surface area contributed by atoms with Crippen LogP contribution in [0.3, 0.4) is 0 Å². The summed E-state index contributed by atoms with van der Waals surface area (Å²) in [6.45, 7) is 0. The minimum atomic E-state index is -0.0825. The molecule has 0 spiro atoms. The number of fused-ring (bicyclic) bond motifs is 1. The second-order valence-corrected chi connectivity index (χ2v) is 6.57. The zero-order chi connectivity index (χ0) is 18.8. The van der Waals surface area contributed by atoms with Crippen LogP contribution < -0.4 is 4.74 Å². The van der Waals surface area contributed by atoms with Gasteiger partial charge in [0.25, 0.3) is 0 Å². The highest BCUT2D eigenvalue weighted by Gasteiger charge is 2.18. The first-order valence-corrected chi connectivity index (χ1v) is 8.87. The van der Waals surface area contributed by atoms with E-state index in [9.17, 15) is 4.79 Å². The van der Waals surface area contributed by atoms with Crippen molar-refractivity contribution in [3.05, 3.63) is 95.1 Å². The normalized spacial score (nSPS) is 10.7. The zero-order valence-corrected chi connectivity index (χ0v) is 15.4. The van der Waals surface area contributed by atoms with Crippen LogP contribution in [0.5, 0.6) is 5.75 Å². The molecule has 0 unspecified atom stereocenters. The Bertz CT molecular complexity index is 1120. The molecule has 4 rings (SSSR count). The van der Waals surface area contributed by atoms with Crippen LogP contribution in [0.15, 0.2) is 79.0 Å². The van der Waals surface area contributed by atoms with Gasteiger partial charge in [0, 0.05) is 33.3 Å². The number of benzene rings is 3. The van der Waals surface area contributed by atoms with Crippen molar-refractivity contribution in [3.8, 4) is 16.9 Å². The predicted octanol–water partition coefficient (Wildman–Crippen LogP) is 5.79. The van der Waals surface area contributed by atoms with E-state index in [4.69, 9.17) is 16.3 Å². The van der Waals surface area contributed by atoms with Crippen LogP contribution in [0.1, 0.15) is 15.9 Å². The summed E-state index contributed by atoms with van der Waals surface area (Å²) in [5.74, 6) is 0.627. The summed E-state index contributed by atoms with van der Waals surface area (Å²) in [6, 6.07) is 22.5. The smallest absolute Gasteiger partial charge is 0.195 e. The highest BCUT2D eigenvalue weighted by atomic mass is 35.5. The molecule has 0 aliphatic heterocycles. The lowest BCUT2D eigenvalue weighted by molar-refractivity contribution is 0.103. The first kappa shape index (κ1) is 17.3. The van der Waals surface area contributed by atoms with E-state index in [0.717, 1.165) is 22.0 Å². The molecule has 1 aromatic heterocycles. The summed E-state index contributed by atoms with van der Waals surface area (Å²) in [4.78, 5) is 17.7. The van der Waals surface area contributed by atoms with Crippen molar-refractivity contribution < 1.29 is 9.53 Å². The number of rotatable bonds is 4. The van der Waals surface area contributed by atoms with Gasteiger partial charge in [-0.1, -0.05) is 48.0 Å². The number of pyridine rings is 1. The van der Waals surface area contributed by atoms with E-state index in [1.54, 1.807) is 37.6 Å². The van der Waals surface area contributed by atoms with Gasteiger partial charge >= 0.3 is 0 Å². The summed E-state index contributed by atoms with van der Waals surface area (Å²) < 4.78 is 5.18. The lowest BCUT2D eigenvalue weighted by Crippen LogP contribution is -2.05. The number of carbonyl (C=O) groups excluding carboxylic acids is 1. The number of methoxy groups -OCH3 is 1. The van der Waals surface area contributed by atoms with Gasteiger partial charge in [-0.3, -0.25) is 9.78 Å². The molecule has 27 heavy (non-hydrogen) atoms. The van der Waals surface area contributed by atoms with E-state index in [1.165, 1.54) is 0 Å². The first-order valence-electron chi connectivity index (χ1n) is 8.50. The Balaban J connectivity index is 1.94. The van der Waals surface area contributed by atoms with Gasteiger partial charge in [-0.2, -0.15) is 0 Å². The molecular formula is C23H16ClNO2. The van der Waals surface area contributed by atoms with E-state index in [-0.39, 0.29) is 5.78 Å². The Kier molecular flexibility index (Phi) is 4.61. The summed E-state index contributed by atoms with van der Waals surface area (Å²) in [5.41, 5.74) is 3.72. The van der Waals surface area contributed by atoms with Crippen LogP contribution in [-0.2, 0) is 0 Å². The molecular weight excluding hydrogens is 358 g/mol. The number of hydrogen-bond donors (Lipinski definition) is 0. The molecule has 3 nitrogen and oxygen atoms in total. The summed E-state index contributed by atoms with van der Waals surface area (Å²) >= 11 is 6.13. The number of nitrogens with zero attached hydrogens (tertiary/aromatic N) is 1. The minimum absolute atomic E-state index is 0.0825. The van der Waals surface area contributed by atoms with Gasteiger partial charge < -0.3 is 4.74 Å². The van der Waals surface area contributed by atoms with Crippen LogP contribution in [0.4, 0.5) is 0 Å². The standard InChI is InChI=1S/C23H16ClNO2/c1-27-18-10-7-16(8-11-18)23(26)20-14-25-21-13-17(24)9-12-19(21)22(20)15-5-3-2-4-6-15/h2-14H,1H3. The van der Waals surface area contributed by atoms with E-state index in [1.807, 2.05) is 48.5 Å². The number of ketones is 1. The predicted molar refractivity (Wildman–Crippen MR) is 109 cm³/mol. The van der Waals surface area contributed by atoms with Gasteiger partial charge in [0.15, 0.2) is 5.78 Å². The van der Waals surface area contributed by atoms with Gasteiger partial charge in [0.05, 0.1) is 12.6 Å². The molecule has 4 heteroatoms. The number of aromatic nitrogens is 1. The Labute approximate surface area is 162 Å². The molecule has 0 bridgehead atoms. The molecule has 0 N–H and O–H groups in total. The number of hydrogen-bond acceptors (Lipinski definition) is 3. The first-order chi connectivity index (χ1) is 13.2. The zero-order valence-electron chi connectivity index (χ0n) is 14.6. The van der Waals surface area contributed by atoms with Crippen molar-refractivity contribution in [2.24, 2.45) is 0 Å². The van der Waals surface area contributed by atoms with Crippen molar-refractivity contribution in [2.45, 2.75) is 0 Å². The van der Waals surface area contributed by atoms with Gasteiger partial charge in [-0.15, -0.1) is 0 Å². The number of halogens is 1. The molecule has 0 saturated heterocycles. The highest BCUT2D eigenvalue weighted by Crippen LogP contribution is 2.33. The Morgan fingerprint density at radius 3 is 2.41 bits per heavy atom. The number of ether oxygens (including phenoxy) is 1. The Hall–Kier alpha value is -3.17. The Morgan fingerprint density at radius 2 is 1.70 bits per heavy atom. The topological polar surface area (TPSA) is 39.2 Å². The van der Waals surface area contributed by atoms with Crippen LogP contribution >= 0.6 is 11.6 Å². The fourth-order valence-electron chi connectivity index (χ4n) is 3.15. The highest BCUT2D eigenvalue weighted by molar-refractivity contribution is 6.31. The van der Waals surface area contributed by atoms with E-state index in [0.29, 0.717) is 21.9 Å². The van der Waals surface area contributed by atoms with Crippen molar-refractivity contribution in [1.82, 2.24) is 4.98 Å². The van der Waals surface area contributed by atoms with Crippen molar-refractivity contribution >= 4 is 28.3 Å². The fourth-order valence-corrected chi connectivity index (χ4v) is 3.32. The Morgan fingerprint density at radius 1 is 0.963 bits per heavy atom. The molecule has 3 aromatic carbocycles. The maximum atomic E-state index is 13.2. The van der Waals surface area contributed by atoms with E-state index >= 15 is 0 Å². The van der Waals surface area contributed by atoms with Gasteiger partial charge in [-0.25, -0.2) is 0 Å². The molecule has 1 heterocycles. The van der Waals surface area contributed by atoms with Crippen LogP contribution in [0.2, 0.25) is 5.02 Å². The second-order valence-electron chi connectivity index (χ2n) is 6.13. The number of carbonyl (C=O) groups is 1. The third kappa shape index (κ3) is 3.29. The molecule has 0 radical (unpaired) electrons. The molecule has 4 aromatic rings. The average Bonchev–Trinajstić information content (AvgIpc) is 2.73. The molecule has 0 saturated carbocycles. The molecule has 0 fully saturated rings. The summed E-state index contributed by atoms with van der Waals surface area (Å²) in [5, 5.41) is 1.51. The lowest BCUT2D eigenvalue weighted by atomic mass is 9.92. The SMILES string of the molecule is COc1ccc(C(=O)c2cnc3cc(Cl)ccc3c2-c2ccccc2)cc1. The van der Waals surface area contributed by atoms with E-state index in [2.05, 4.69) is 4.98 Å². The van der Waals surface area contributed by atoms with Gasteiger partial charge in [0.2, 0.25) is 0 Å². The third-order valence-corrected chi connectivity index (χ3v) is 4.73. The molecule has 0 aliphatic carbocycles. The van der Waals surface area contributed by atoms with Crippen LogP contribution in [0.25, 0.3) is 22.0 Å². The van der Waals surface area contributed by atoms with Gasteiger partial charge in [0.1, 0.15) is 5.75 Å². The summed E-state index contributed by atoms with van der Waals surface area (Å²) in [7, 11) is 1.60. The fraction of sp³-hybridized carbons (Fsp3) is 0.0435. The molecule has 0 amide bonds. The monoisotopic (exact) mass is 373 g/mol.